The number of likely N-dealkylation sites (tertiary alicyclic amines) is 1. The lowest BCUT2D eigenvalue weighted by Gasteiger charge is -2.48. The van der Waals surface area contributed by atoms with Crippen LogP contribution < -0.4 is 5.32 Å². The van der Waals surface area contributed by atoms with Crippen molar-refractivity contribution in [3.8, 4) is 0 Å². The Hall–Kier alpha value is -1.43. The molecule has 0 aromatic heterocycles. The number of aliphatic hydroxyl groups is 1. The number of hydrogen-bond acceptors (Lipinski definition) is 4. The van der Waals surface area contributed by atoms with E-state index in [0.29, 0.717) is 11.3 Å². The minimum Gasteiger partial charge on any atom is -0.356 e. The van der Waals surface area contributed by atoms with Crippen LogP contribution in [0.15, 0.2) is 24.3 Å². The fourth-order valence-corrected chi connectivity index (χ4v) is 5.49. The molecule has 2 aliphatic heterocycles. The Balaban J connectivity index is 1.14. The summed E-state index contributed by atoms with van der Waals surface area (Å²) in [6, 6.07) is 9.27. The van der Waals surface area contributed by atoms with E-state index >= 15 is 0 Å². The van der Waals surface area contributed by atoms with E-state index in [9.17, 15) is 9.90 Å². The number of carbonyl (C=O) groups is 1. The third-order valence-corrected chi connectivity index (χ3v) is 7.98. The van der Waals surface area contributed by atoms with E-state index in [1.54, 1.807) is 0 Å². The summed E-state index contributed by atoms with van der Waals surface area (Å²) in [6.07, 6.45) is 5.33. The van der Waals surface area contributed by atoms with Crippen molar-refractivity contribution in [2.24, 2.45) is 5.92 Å². The molecule has 1 spiro atoms. The van der Waals surface area contributed by atoms with Gasteiger partial charge in [0.25, 0.3) is 0 Å². The molecule has 2 heterocycles. The Labute approximate surface area is 167 Å². The van der Waals surface area contributed by atoms with Crippen LogP contribution in [0.2, 0.25) is 0 Å². The minimum atomic E-state index is -0.893. The molecule has 152 valence electrons. The maximum Gasteiger partial charge on any atom is 0.225 e. The number of hydrogen-bond donors (Lipinski definition) is 2. The lowest BCUT2D eigenvalue weighted by molar-refractivity contribution is -0.143. The molecule has 1 unspecified atom stereocenters. The smallest absolute Gasteiger partial charge is 0.225 e. The zero-order chi connectivity index (χ0) is 19.5. The Morgan fingerprint density at radius 1 is 1.18 bits per heavy atom. The van der Waals surface area contributed by atoms with Crippen molar-refractivity contribution in [1.82, 2.24) is 10.2 Å². The maximum absolute atomic E-state index is 12.9. The van der Waals surface area contributed by atoms with Crippen LogP contribution in [0.4, 0.5) is 0 Å². The van der Waals surface area contributed by atoms with E-state index in [1.807, 2.05) is 6.92 Å². The molecule has 5 rings (SSSR count). The first-order chi connectivity index (χ1) is 13.4. The van der Waals surface area contributed by atoms with Crippen molar-refractivity contribution in [3.05, 3.63) is 35.4 Å². The number of carbonyl (C=O) groups excluding carboxylic acids is 1. The summed E-state index contributed by atoms with van der Waals surface area (Å²) in [5, 5.41) is 12.8. The second kappa shape index (κ2) is 6.54. The number of nitrogens with zero attached hydrogens (tertiary/aromatic N) is 1. The van der Waals surface area contributed by atoms with Crippen molar-refractivity contribution in [1.29, 1.82) is 0 Å². The van der Waals surface area contributed by atoms with Crippen LogP contribution in [-0.2, 0) is 14.9 Å². The van der Waals surface area contributed by atoms with Gasteiger partial charge in [0.1, 0.15) is 0 Å². The van der Waals surface area contributed by atoms with Gasteiger partial charge in [0.05, 0.1) is 11.6 Å². The summed E-state index contributed by atoms with van der Waals surface area (Å²) in [5.74, 6) is 0.924. The summed E-state index contributed by atoms with van der Waals surface area (Å²) in [6.45, 7) is 6.04. The molecule has 2 N–H and O–H groups in total. The van der Waals surface area contributed by atoms with Crippen LogP contribution in [0.25, 0.3) is 0 Å². The maximum atomic E-state index is 12.9. The van der Waals surface area contributed by atoms with Crippen LogP contribution in [0.3, 0.4) is 0 Å². The Morgan fingerprint density at radius 3 is 2.36 bits per heavy atom. The van der Waals surface area contributed by atoms with Crippen molar-refractivity contribution in [3.63, 3.8) is 0 Å². The second-order valence-corrected chi connectivity index (χ2v) is 9.82. The third kappa shape index (κ3) is 3.08. The van der Waals surface area contributed by atoms with E-state index in [1.165, 1.54) is 24.0 Å². The Bertz CT molecular complexity index is 744. The predicted octanol–water partition coefficient (Wildman–Crippen LogP) is 2.88. The normalized spacial score (nSPS) is 37.1. The summed E-state index contributed by atoms with van der Waals surface area (Å²) in [4.78, 5) is 15.0. The molecule has 0 bridgehead atoms. The minimum absolute atomic E-state index is 0.0434. The molecule has 2 saturated heterocycles. The number of aliphatic hydroxyl groups excluding tert-OH is 1. The zero-order valence-corrected chi connectivity index (χ0v) is 17.0. The highest BCUT2D eigenvalue weighted by molar-refractivity contribution is 5.80. The van der Waals surface area contributed by atoms with Gasteiger partial charge in [-0.15, -0.1) is 0 Å². The van der Waals surface area contributed by atoms with Gasteiger partial charge >= 0.3 is 0 Å². The van der Waals surface area contributed by atoms with Crippen LogP contribution in [0.5, 0.6) is 0 Å². The average Bonchev–Trinajstić information content (AvgIpc) is 3.35. The van der Waals surface area contributed by atoms with Crippen LogP contribution in [0, 0.1) is 5.92 Å². The highest BCUT2D eigenvalue weighted by Crippen LogP contribution is 2.48. The zero-order valence-electron chi connectivity index (χ0n) is 17.0. The molecule has 1 aromatic rings. The fraction of sp³-hybridized carbons (Fsp3) is 0.696. The van der Waals surface area contributed by atoms with Crippen molar-refractivity contribution in [2.45, 2.75) is 81.8 Å². The molecule has 0 radical (unpaired) electrons. The van der Waals surface area contributed by atoms with Gasteiger partial charge in [0.15, 0.2) is 0 Å². The van der Waals surface area contributed by atoms with E-state index in [2.05, 4.69) is 41.4 Å². The molecule has 4 fully saturated rings. The van der Waals surface area contributed by atoms with Crippen molar-refractivity contribution >= 4 is 5.91 Å². The molecule has 2 saturated carbocycles. The summed E-state index contributed by atoms with van der Waals surface area (Å²) < 4.78 is 5.41. The van der Waals surface area contributed by atoms with Gasteiger partial charge in [-0.3, -0.25) is 10.1 Å². The molecule has 2 aliphatic carbocycles. The second-order valence-electron chi connectivity index (χ2n) is 9.82. The van der Waals surface area contributed by atoms with Gasteiger partial charge in [0, 0.05) is 19.0 Å². The first-order valence-electron chi connectivity index (χ1n) is 10.9. The monoisotopic (exact) mass is 384 g/mol. The number of ether oxygens (including phenoxy) is 1. The Kier molecular flexibility index (Phi) is 4.34. The van der Waals surface area contributed by atoms with E-state index < -0.39 is 6.41 Å². The van der Waals surface area contributed by atoms with E-state index in [4.69, 9.17) is 4.74 Å². The van der Waals surface area contributed by atoms with E-state index in [-0.39, 0.29) is 23.5 Å². The number of nitrogens with one attached hydrogen (secondary N) is 1. The molecule has 1 aromatic carbocycles. The molecule has 28 heavy (non-hydrogen) atoms. The van der Waals surface area contributed by atoms with Crippen LogP contribution in [0.1, 0.15) is 69.4 Å². The molecule has 5 nitrogen and oxygen atoms in total. The number of amides is 1. The SMILES string of the molecule is C[C@@H]1OC(O)N[C@]12C[C@@H](C(=O)N1CCC(c3ccc(C4(C)CC4)cc3)CC1)C2. The third-order valence-electron chi connectivity index (χ3n) is 7.98. The van der Waals surface area contributed by atoms with Gasteiger partial charge in [0.2, 0.25) is 12.3 Å². The number of benzene rings is 1. The highest BCUT2D eigenvalue weighted by atomic mass is 16.6. The van der Waals surface area contributed by atoms with Gasteiger partial charge < -0.3 is 14.7 Å². The van der Waals surface area contributed by atoms with Gasteiger partial charge in [-0.1, -0.05) is 31.2 Å². The average molecular weight is 385 g/mol. The van der Waals surface area contributed by atoms with Gasteiger partial charge in [-0.25, -0.2) is 0 Å². The lowest BCUT2D eigenvalue weighted by atomic mass is 9.65. The molecular formula is C23H32N2O3. The standard InChI is InChI=1S/C23H32N2O3/c1-15-23(24-21(27)28-15)13-18(14-23)20(26)25-11-7-17(8-12-25)16-3-5-19(6-4-16)22(2)9-10-22/h3-6,15,17-18,21,24,27H,7-14H2,1-2H3/t15-,18-,21?,23+/m0/s1. The number of piperidine rings is 1. The Morgan fingerprint density at radius 2 is 1.82 bits per heavy atom. The molecule has 5 heteroatoms. The quantitative estimate of drug-likeness (QED) is 0.841. The van der Waals surface area contributed by atoms with Crippen molar-refractivity contribution in [2.75, 3.05) is 13.1 Å². The largest absolute Gasteiger partial charge is 0.356 e. The van der Waals surface area contributed by atoms with Crippen LogP contribution in [-0.4, -0.2) is 47.1 Å². The number of rotatable bonds is 3. The highest BCUT2D eigenvalue weighted by Gasteiger charge is 2.56. The summed E-state index contributed by atoms with van der Waals surface area (Å²) >= 11 is 0. The van der Waals surface area contributed by atoms with Gasteiger partial charge in [-0.05, 0) is 67.9 Å². The molecule has 2 atom stereocenters. The fourth-order valence-electron chi connectivity index (χ4n) is 5.49. The molecule has 1 amide bonds. The van der Waals surface area contributed by atoms with Gasteiger partial charge in [-0.2, -0.15) is 0 Å². The molecular weight excluding hydrogens is 352 g/mol. The van der Waals surface area contributed by atoms with Crippen LogP contribution >= 0.6 is 0 Å². The topological polar surface area (TPSA) is 61.8 Å². The lowest BCUT2D eigenvalue weighted by Crippen LogP contribution is -2.61. The summed E-state index contributed by atoms with van der Waals surface area (Å²) in [7, 11) is 0. The van der Waals surface area contributed by atoms with Crippen molar-refractivity contribution < 1.29 is 14.6 Å². The first kappa shape index (κ1) is 18.6. The molecule has 4 aliphatic rings. The summed E-state index contributed by atoms with van der Waals surface area (Å²) in [5.41, 5.74) is 3.13. The predicted molar refractivity (Wildman–Crippen MR) is 107 cm³/mol. The first-order valence-corrected chi connectivity index (χ1v) is 10.9. The van der Waals surface area contributed by atoms with E-state index in [0.717, 1.165) is 38.8 Å².